The molecule has 0 fully saturated rings. The van der Waals surface area contributed by atoms with Crippen molar-refractivity contribution in [2.24, 2.45) is 0 Å². The highest BCUT2D eigenvalue weighted by atomic mass is 16.5. The predicted octanol–water partition coefficient (Wildman–Crippen LogP) is 2.72. The standard InChI is InChI=1S/C15H18N2O4/c1-5-20-15(18)10(3)14-16-13(17-21-14)11-6-7-12(19-4)9(2)8-11/h6-8,10H,5H2,1-4H3. The van der Waals surface area contributed by atoms with Gasteiger partial charge in [0.05, 0.1) is 13.7 Å². The Bertz CT molecular complexity index is 636. The number of hydrogen-bond acceptors (Lipinski definition) is 6. The normalized spacial score (nSPS) is 12.0. The monoisotopic (exact) mass is 290 g/mol. The Kier molecular flexibility index (Phi) is 4.57. The Labute approximate surface area is 123 Å². The fraction of sp³-hybridized carbons (Fsp3) is 0.400. The topological polar surface area (TPSA) is 74.5 Å². The van der Waals surface area contributed by atoms with Crippen molar-refractivity contribution in [2.45, 2.75) is 26.7 Å². The summed E-state index contributed by atoms with van der Waals surface area (Å²) >= 11 is 0. The first-order valence-electron chi connectivity index (χ1n) is 6.72. The summed E-state index contributed by atoms with van der Waals surface area (Å²) in [7, 11) is 1.62. The van der Waals surface area contributed by atoms with Crippen LogP contribution in [0.25, 0.3) is 11.4 Å². The molecule has 6 heteroatoms. The minimum absolute atomic E-state index is 0.247. The maximum absolute atomic E-state index is 11.7. The molecule has 2 aromatic rings. The van der Waals surface area contributed by atoms with E-state index in [1.54, 1.807) is 21.0 Å². The Morgan fingerprint density at radius 3 is 2.81 bits per heavy atom. The van der Waals surface area contributed by atoms with Crippen LogP contribution < -0.4 is 4.74 Å². The molecule has 0 saturated carbocycles. The number of ether oxygens (including phenoxy) is 2. The lowest BCUT2D eigenvalue weighted by Gasteiger charge is -2.05. The fourth-order valence-corrected chi connectivity index (χ4v) is 1.91. The van der Waals surface area contributed by atoms with Crippen LogP contribution in [0.5, 0.6) is 5.75 Å². The van der Waals surface area contributed by atoms with Gasteiger partial charge >= 0.3 is 5.97 Å². The molecule has 0 spiro atoms. The van der Waals surface area contributed by atoms with Gasteiger partial charge in [-0.2, -0.15) is 4.98 Å². The van der Waals surface area contributed by atoms with Crippen molar-refractivity contribution >= 4 is 5.97 Å². The first-order chi connectivity index (χ1) is 10.1. The van der Waals surface area contributed by atoms with Gasteiger partial charge in [0.1, 0.15) is 11.7 Å². The van der Waals surface area contributed by atoms with Crippen LogP contribution in [0, 0.1) is 6.92 Å². The molecule has 0 aliphatic rings. The zero-order chi connectivity index (χ0) is 15.4. The average molecular weight is 290 g/mol. The highest BCUT2D eigenvalue weighted by Crippen LogP contribution is 2.25. The second kappa shape index (κ2) is 6.39. The molecule has 2 rings (SSSR count). The van der Waals surface area contributed by atoms with E-state index >= 15 is 0 Å². The van der Waals surface area contributed by atoms with E-state index in [0.29, 0.717) is 12.4 Å². The number of carbonyl (C=O) groups excluding carboxylic acids is 1. The Morgan fingerprint density at radius 1 is 1.43 bits per heavy atom. The van der Waals surface area contributed by atoms with E-state index < -0.39 is 5.92 Å². The number of aromatic nitrogens is 2. The summed E-state index contributed by atoms with van der Waals surface area (Å²) in [4.78, 5) is 15.9. The zero-order valence-electron chi connectivity index (χ0n) is 12.5. The highest BCUT2D eigenvalue weighted by molar-refractivity contribution is 5.76. The number of carbonyl (C=O) groups is 1. The van der Waals surface area contributed by atoms with Crippen LogP contribution in [0.1, 0.15) is 31.2 Å². The van der Waals surface area contributed by atoms with Crippen molar-refractivity contribution in [1.82, 2.24) is 10.1 Å². The summed E-state index contributed by atoms with van der Waals surface area (Å²) in [6, 6.07) is 5.59. The number of nitrogens with zero attached hydrogens (tertiary/aromatic N) is 2. The molecule has 21 heavy (non-hydrogen) atoms. The first kappa shape index (κ1) is 15.0. The maximum atomic E-state index is 11.7. The second-order valence-corrected chi connectivity index (χ2v) is 4.61. The third-order valence-corrected chi connectivity index (χ3v) is 3.11. The lowest BCUT2D eigenvalue weighted by atomic mass is 10.1. The van der Waals surface area contributed by atoms with Gasteiger partial charge in [0, 0.05) is 5.56 Å². The van der Waals surface area contributed by atoms with Gasteiger partial charge in [-0.05, 0) is 44.5 Å². The van der Waals surface area contributed by atoms with Crippen LogP contribution in [-0.4, -0.2) is 29.8 Å². The summed E-state index contributed by atoms with van der Waals surface area (Å²) < 4.78 is 15.3. The summed E-state index contributed by atoms with van der Waals surface area (Å²) in [6.45, 7) is 5.69. The van der Waals surface area contributed by atoms with Crippen LogP contribution in [0.15, 0.2) is 22.7 Å². The van der Waals surface area contributed by atoms with Gasteiger partial charge in [0.15, 0.2) is 0 Å². The smallest absolute Gasteiger partial charge is 0.318 e. The van der Waals surface area contributed by atoms with Gasteiger partial charge in [-0.25, -0.2) is 0 Å². The fourth-order valence-electron chi connectivity index (χ4n) is 1.91. The van der Waals surface area contributed by atoms with Crippen molar-refractivity contribution in [1.29, 1.82) is 0 Å². The van der Waals surface area contributed by atoms with Gasteiger partial charge in [-0.3, -0.25) is 4.79 Å². The number of esters is 1. The molecule has 0 aliphatic heterocycles. The van der Waals surface area contributed by atoms with Crippen molar-refractivity contribution in [2.75, 3.05) is 13.7 Å². The van der Waals surface area contributed by atoms with Crippen molar-refractivity contribution in [3.05, 3.63) is 29.7 Å². The average Bonchev–Trinajstić information content (AvgIpc) is 2.96. The summed E-state index contributed by atoms with van der Waals surface area (Å²) in [5.74, 6) is 0.523. The SMILES string of the molecule is CCOC(=O)C(C)c1nc(-c2ccc(OC)c(C)c2)no1. The molecule has 1 aromatic carbocycles. The van der Waals surface area contributed by atoms with Crippen LogP contribution in [0.4, 0.5) is 0 Å². The molecule has 0 saturated heterocycles. The van der Waals surface area contributed by atoms with E-state index in [4.69, 9.17) is 14.0 Å². The van der Waals surface area contributed by atoms with Crippen LogP contribution in [0.3, 0.4) is 0 Å². The van der Waals surface area contributed by atoms with Crippen LogP contribution >= 0.6 is 0 Å². The molecular weight excluding hydrogens is 272 g/mol. The molecule has 1 heterocycles. The van der Waals surface area contributed by atoms with E-state index in [9.17, 15) is 4.79 Å². The van der Waals surface area contributed by atoms with E-state index in [2.05, 4.69) is 10.1 Å². The molecule has 112 valence electrons. The summed E-state index contributed by atoms with van der Waals surface area (Å²) in [5, 5.41) is 3.91. The molecule has 1 atom stereocenters. The Hall–Kier alpha value is -2.37. The molecule has 1 aromatic heterocycles. The molecule has 0 aliphatic carbocycles. The quantitative estimate of drug-likeness (QED) is 0.788. The van der Waals surface area contributed by atoms with Gasteiger partial charge in [0.25, 0.3) is 0 Å². The highest BCUT2D eigenvalue weighted by Gasteiger charge is 2.23. The molecule has 0 amide bonds. The Morgan fingerprint density at radius 2 is 2.19 bits per heavy atom. The molecule has 0 N–H and O–H groups in total. The third kappa shape index (κ3) is 3.21. The number of aryl methyl sites for hydroxylation is 1. The lowest BCUT2D eigenvalue weighted by Crippen LogP contribution is -2.13. The van der Waals surface area contributed by atoms with Crippen LogP contribution in [-0.2, 0) is 9.53 Å². The minimum Gasteiger partial charge on any atom is -0.496 e. The van der Waals surface area contributed by atoms with Gasteiger partial charge in [0.2, 0.25) is 11.7 Å². The number of benzene rings is 1. The summed E-state index contributed by atoms with van der Waals surface area (Å²) in [6.07, 6.45) is 0. The van der Waals surface area contributed by atoms with Gasteiger partial charge in [-0.1, -0.05) is 5.16 Å². The van der Waals surface area contributed by atoms with E-state index in [1.165, 1.54) is 0 Å². The van der Waals surface area contributed by atoms with Crippen molar-refractivity contribution < 1.29 is 18.8 Å². The summed E-state index contributed by atoms with van der Waals surface area (Å²) in [5.41, 5.74) is 1.78. The zero-order valence-corrected chi connectivity index (χ0v) is 12.5. The third-order valence-electron chi connectivity index (χ3n) is 3.11. The van der Waals surface area contributed by atoms with E-state index in [-0.39, 0.29) is 11.9 Å². The molecule has 0 radical (unpaired) electrons. The van der Waals surface area contributed by atoms with Gasteiger partial charge in [-0.15, -0.1) is 0 Å². The molecule has 0 bridgehead atoms. The van der Waals surface area contributed by atoms with Gasteiger partial charge < -0.3 is 14.0 Å². The number of hydrogen-bond donors (Lipinski definition) is 0. The van der Waals surface area contributed by atoms with E-state index in [0.717, 1.165) is 16.9 Å². The van der Waals surface area contributed by atoms with Crippen molar-refractivity contribution in [3.63, 3.8) is 0 Å². The molecular formula is C15H18N2O4. The maximum Gasteiger partial charge on any atom is 0.318 e. The first-order valence-corrected chi connectivity index (χ1v) is 6.72. The largest absolute Gasteiger partial charge is 0.496 e. The number of rotatable bonds is 5. The lowest BCUT2D eigenvalue weighted by molar-refractivity contribution is -0.145. The second-order valence-electron chi connectivity index (χ2n) is 4.61. The molecule has 1 unspecified atom stereocenters. The predicted molar refractivity (Wildman–Crippen MR) is 76.1 cm³/mol. The van der Waals surface area contributed by atoms with Crippen molar-refractivity contribution in [3.8, 4) is 17.1 Å². The number of methoxy groups -OCH3 is 1. The van der Waals surface area contributed by atoms with Crippen LogP contribution in [0.2, 0.25) is 0 Å². The minimum atomic E-state index is -0.578. The Balaban J connectivity index is 2.23. The van der Waals surface area contributed by atoms with E-state index in [1.807, 2.05) is 25.1 Å². The molecule has 6 nitrogen and oxygen atoms in total.